The van der Waals surface area contributed by atoms with Gasteiger partial charge < -0.3 is 15.2 Å². The third kappa shape index (κ3) is 3.95. The Morgan fingerprint density at radius 2 is 1.96 bits per heavy atom. The fourth-order valence-corrected chi connectivity index (χ4v) is 2.79. The molecule has 2 heterocycles. The minimum atomic E-state index is -4.51. The number of carbonyl (C=O) groups excluding carboxylic acids is 2. The number of pyridine rings is 1. The van der Waals surface area contributed by atoms with Crippen LogP contribution in [0.1, 0.15) is 35.8 Å². The number of nitrogens with one attached hydrogen (secondary N) is 2. The molecule has 2 rings (SSSR count). The molecule has 2 N–H and O–H groups in total. The topological polar surface area (TPSA) is 82.3 Å². The lowest BCUT2D eigenvalue weighted by Gasteiger charge is -2.40. The average molecular weight is 345 g/mol. The second kappa shape index (κ2) is 6.66. The Bertz CT molecular complexity index is 699. The summed E-state index contributed by atoms with van der Waals surface area (Å²) < 4.78 is 38.9. The third-order valence-corrected chi connectivity index (χ3v) is 4.00. The molecule has 9 heteroatoms. The standard InChI is InChI=1S/C15H18F3N3O3/c1-8-3-5-11(13(23)19-8)14(24)20-10-4-6-12(15(16,17)18)21(7-10)9(2)22/h3,5,10,12H,4,6-7H2,1-2H3,(H,19,23)(H,20,24). The molecule has 1 aromatic rings. The van der Waals surface area contributed by atoms with Crippen molar-refractivity contribution < 1.29 is 22.8 Å². The minimum Gasteiger partial charge on any atom is -0.347 e. The Hall–Kier alpha value is -2.32. The van der Waals surface area contributed by atoms with Crippen molar-refractivity contribution in [2.24, 2.45) is 0 Å². The molecular weight excluding hydrogens is 327 g/mol. The van der Waals surface area contributed by atoms with Crippen LogP contribution in [0.3, 0.4) is 0 Å². The molecular formula is C15H18F3N3O3. The van der Waals surface area contributed by atoms with Crippen LogP contribution in [0.25, 0.3) is 0 Å². The van der Waals surface area contributed by atoms with Crippen molar-refractivity contribution in [3.63, 3.8) is 0 Å². The number of amides is 2. The number of carbonyl (C=O) groups is 2. The molecule has 0 bridgehead atoms. The fourth-order valence-electron chi connectivity index (χ4n) is 2.79. The van der Waals surface area contributed by atoms with Crippen LogP contribution < -0.4 is 10.9 Å². The van der Waals surface area contributed by atoms with E-state index in [1.54, 1.807) is 13.0 Å². The molecule has 0 aromatic carbocycles. The molecule has 2 unspecified atom stereocenters. The lowest BCUT2D eigenvalue weighted by molar-refractivity contribution is -0.196. The molecule has 6 nitrogen and oxygen atoms in total. The first-order chi connectivity index (χ1) is 11.1. The number of aryl methyl sites for hydroxylation is 1. The van der Waals surface area contributed by atoms with Gasteiger partial charge in [-0.1, -0.05) is 0 Å². The number of piperidine rings is 1. The summed E-state index contributed by atoms with van der Waals surface area (Å²) in [5.74, 6) is -1.38. The molecule has 1 aromatic heterocycles. The van der Waals surface area contributed by atoms with Crippen molar-refractivity contribution in [1.82, 2.24) is 15.2 Å². The summed E-state index contributed by atoms with van der Waals surface area (Å²) in [6.07, 6.45) is -4.73. The predicted molar refractivity (Wildman–Crippen MR) is 79.5 cm³/mol. The number of alkyl halides is 3. The lowest BCUT2D eigenvalue weighted by Crippen LogP contribution is -2.58. The van der Waals surface area contributed by atoms with Crippen molar-refractivity contribution in [2.75, 3.05) is 6.54 Å². The van der Waals surface area contributed by atoms with Crippen LogP contribution in [0, 0.1) is 6.92 Å². The van der Waals surface area contributed by atoms with Gasteiger partial charge in [-0.05, 0) is 31.9 Å². The number of hydrogen-bond donors (Lipinski definition) is 2. The van der Waals surface area contributed by atoms with Crippen LogP contribution in [-0.2, 0) is 4.79 Å². The summed E-state index contributed by atoms with van der Waals surface area (Å²) in [5.41, 5.74) is -0.0992. The number of rotatable bonds is 2. The van der Waals surface area contributed by atoms with Crippen LogP contribution in [0.15, 0.2) is 16.9 Å². The van der Waals surface area contributed by atoms with Gasteiger partial charge in [-0.2, -0.15) is 13.2 Å². The van der Waals surface area contributed by atoms with E-state index in [0.717, 1.165) is 6.92 Å². The number of hydrogen-bond acceptors (Lipinski definition) is 3. The van der Waals surface area contributed by atoms with E-state index >= 15 is 0 Å². The Balaban J connectivity index is 2.10. The average Bonchev–Trinajstić information content (AvgIpc) is 2.45. The molecule has 0 spiro atoms. The van der Waals surface area contributed by atoms with Gasteiger partial charge in [-0.25, -0.2) is 0 Å². The SMILES string of the molecule is CC(=O)N1CC(NC(=O)c2ccc(C)[nH]c2=O)CCC1C(F)(F)F. The number of H-pyrrole nitrogens is 1. The van der Waals surface area contributed by atoms with E-state index in [4.69, 9.17) is 0 Å². The van der Waals surface area contributed by atoms with E-state index in [9.17, 15) is 27.6 Å². The molecule has 1 saturated heterocycles. The van der Waals surface area contributed by atoms with E-state index in [-0.39, 0.29) is 24.9 Å². The Morgan fingerprint density at radius 3 is 2.50 bits per heavy atom. The summed E-state index contributed by atoms with van der Waals surface area (Å²) in [6, 6.07) is 0.429. The van der Waals surface area contributed by atoms with Gasteiger partial charge in [0.05, 0.1) is 0 Å². The lowest BCUT2D eigenvalue weighted by atomic mass is 9.97. The minimum absolute atomic E-state index is 0.0729. The summed E-state index contributed by atoms with van der Waals surface area (Å²) in [4.78, 5) is 38.6. The normalized spacial score (nSPS) is 21.5. The van der Waals surface area contributed by atoms with Crippen LogP contribution in [0.4, 0.5) is 13.2 Å². The number of aromatic nitrogens is 1. The zero-order valence-electron chi connectivity index (χ0n) is 13.2. The van der Waals surface area contributed by atoms with Crippen molar-refractivity contribution in [2.45, 2.75) is 44.9 Å². The largest absolute Gasteiger partial charge is 0.408 e. The zero-order chi connectivity index (χ0) is 18.1. The van der Waals surface area contributed by atoms with Crippen molar-refractivity contribution in [3.8, 4) is 0 Å². The van der Waals surface area contributed by atoms with Gasteiger partial charge >= 0.3 is 6.18 Å². The maximum atomic E-state index is 13.0. The highest BCUT2D eigenvalue weighted by atomic mass is 19.4. The highest BCUT2D eigenvalue weighted by Gasteiger charge is 2.47. The summed E-state index contributed by atoms with van der Waals surface area (Å²) in [5, 5.41) is 2.53. The van der Waals surface area contributed by atoms with Gasteiger partial charge in [-0.3, -0.25) is 14.4 Å². The molecule has 0 radical (unpaired) electrons. The van der Waals surface area contributed by atoms with Crippen LogP contribution in [-0.4, -0.2) is 46.5 Å². The fraction of sp³-hybridized carbons (Fsp3) is 0.533. The quantitative estimate of drug-likeness (QED) is 0.849. The first kappa shape index (κ1) is 18.0. The van der Waals surface area contributed by atoms with Crippen LogP contribution in [0.5, 0.6) is 0 Å². The molecule has 2 atom stereocenters. The van der Waals surface area contributed by atoms with Gasteiger partial charge in [0.25, 0.3) is 11.5 Å². The van der Waals surface area contributed by atoms with Gasteiger partial charge in [0.2, 0.25) is 5.91 Å². The number of aromatic amines is 1. The Morgan fingerprint density at radius 1 is 1.29 bits per heavy atom. The van der Waals surface area contributed by atoms with Gasteiger partial charge in [0.15, 0.2) is 0 Å². The second-order valence-corrected chi connectivity index (χ2v) is 5.86. The van der Waals surface area contributed by atoms with Crippen LogP contribution >= 0.6 is 0 Å². The summed E-state index contributed by atoms with van der Waals surface area (Å²) in [6.45, 7) is 2.48. The monoisotopic (exact) mass is 345 g/mol. The highest BCUT2D eigenvalue weighted by molar-refractivity contribution is 5.94. The van der Waals surface area contributed by atoms with Gasteiger partial charge in [-0.15, -0.1) is 0 Å². The third-order valence-electron chi connectivity index (χ3n) is 4.00. The molecule has 1 aliphatic rings. The van der Waals surface area contributed by atoms with Gasteiger partial charge in [0, 0.05) is 25.2 Å². The Labute approximate surface area is 136 Å². The van der Waals surface area contributed by atoms with Crippen molar-refractivity contribution in [3.05, 3.63) is 33.7 Å². The molecule has 132 valence electrons. The molecule has 2 amide bonds. The molecule has 1 aliphatic heterocycles. The van der Waals surface area contributed by atoms with E-state index in [0.29, 0.717) is 10.6 Å². The van der Waals surface area contributed by atoms with E-state index < -0.39 is 35.6 Å². The van der Waals surface area contributed by atoms with Crippen molar-refractivity contribution >= 4 is 11.8 Å². The maximum absolute atomic E-state index is 13.0. The second-order valence-electron chi connectivity index (χ2n) is 5.86. The van der Waals surface area contributed by atoms with Gasteiger partial charge in [0.1, 0.15) is 11.6 Å². The molecule has 0 saturated carbocycles. The maximum Gasteiger partial charge on any atom is 0.408 e. The zero-order valence-corrected chi connectivity index (χ0v) is 13.2. The first-order valence-electron chi connectivity index (χ1n) is 7.44. The van der Waals surface area contributed by atoms with Crippen molar-refractivity contribution in [1.29, 1.82) is 0 Å². The van der Waals surface area contributed by atoms with E-state index in [2.05, 4.69) is 10.3 Å². The predicted octanol–water partition coefficient (Wildman–Crippen LogP) is 1.35. The van der Waals surface area contributed by atoms with E-state index in [1.165, 1.54) is 6.07 Å². The highest BCUT2D eigenvalue weighted by Crippen LogP contribution is 2.32. The molecule has 1 fully saturated rings. The summed E-state index contributed by atoms with van der Waals surface area (Å²) in [7, 11) is 0. The number of likely N-dealkylation sites (tertiary alicyclic amines) is 1. The molecule has 0 aliphatic carbocycles. The smallest absolute Gasteiger partial charge is 0.347 e. The van der Waals surface area contributed by atoms with Crippen LogP contribution in [0.2, 0.25) is 0 Å². The molecule has 24 heavy (non-hydrogen) atoms. The summed E-state index contributed by atoms with van der Waals surface area (Å²) >= 11 is 0. The number of nitrogens with zero attached hydrogens (tertiary/aromatic N) is 1. The first-order valence-corrected chi connectivity index (χ1v) is 7.44. The number of halogens is 3. The Kier molecular flexibility index (Phi) is 5.00. The van der Waals surface area contributed by atoms with E-state index in [1.807, 2.05) is 0 Å².